The minimum atomic E-state index is 0.438. The largest absolute Gasteiger partial charge is 0.385 e. The molecule has 47 heavy (non-hydrogen) atoms. The Hall–Kier alpha value is -2.83. The van der Waals surface area contributed by atoms with Gasteiger partial charge in [0, 0.05) is 66.2 Å². The average Bonchev–Trinajstić information content (AvgIpc) is 3.05. The Balaban J connectivity index is 0.000000226. The number of pyridine rings is 2. The third-order valence-electron chi connectivity index (χ3n) is 6.77. The molecule has 256 valence electrons. The molecule has 11 heteroatoms. The van der Waals surface area contributed by atoms with Crippen molar-refractivity contribution < 1.29 is 9.47 Å². The Morgan fingerprint density at radius 1 is 0.745 bits per heavy atom. The van der Waals surface area contributed by atoms with Crippen LogP contribution in [0, 0.1) is 3.57 Å². The summed E-state index contributed by atoms with van der Waals surface area (Å²) in [5.74, 6) is 0.924. The number of para-hydroxylation sites is 2. The Morgan fingerprint density at radius 3 is 1.85 bits per heavy atom. The second-order valence-electron chi connectivity index (χ2n) is 10.2. The fraction of sp³-hybridized carbons (Fsp3) is 0.389. The van der Waals surface area contributed by atoms with Crippen molar-refractivity contribution >= 4 is 74.5 Å². The van der Waals surface area contributed by atoms with Crippen LogP contribution in [0.15, 0.2) is 72.8 Å². The third-order valence-corrected chi connectivity index (χ3v) is 7.78. The minimum Gasteiger partial charge on any atom is -0.385 e. The molecule has 8 nitrogen and oxygen atoms in total. The molecule has 2 aromatic carbocycles. The number of fused-ring (bicyclic) bond motifs is 2. The number of benzene rings is 2. The highest BCUT2D eigenvalue weighted by molar-refractivity contribution is 14.1. The summed E-state index contributed by atoms with van der Waals surface area (Å²) < 4.78 is 10.7. The number of aromatic nitrogens is 2. The maximum atomic E-state index is 5.98. The maximum absolute atomic E-state index is 5.98. The zero-order valence-corrected chi connectivity index (χ0v) is 31.6. The van der Waals surface area contributed by atoms with Gasteiger partial charge in [0.15, 0.2) is 0 Å². The van der Waals surface area contributed by atoms with Gasteiger partial charge in [-0.25, -0.2) is 9.97 Å². The van der Waals surface area contributed by atoms with Crippen molar-refractivity contribution in [1.82, 2.24) is 9.97 Å². The first-order chi connectivity index (χ1) is 22.7. The van der Waals surface area contributed by atoms with Gasteiger partial charge in [-0.15, -0.1) is 0 Å². The van der Waals surface area contributed by atoms with Crippen molar-refractivity contribution in [3.8, 4) is 0 Å². The van der Waals surface area contributed by atoms with Crippen LogP contribution in [0.2, 0.25) is 10.3 Å². The summed E-state index contributed by atoms with van der Waals surface area (Å²) in [6, 6.07) is 24.2. The van der Waals surface area contributed by atoms with Crippen molar-refractivity contribution in [2.24, 2.45) is 0 Å². The van der Waals surface area contributed by atoms with E-state index in [-0.39, 0.29) is 0 Å². The second kappa shape index (κ2) is 23.5. The number of hydrogen-bond acceptors (Lipinski definition) is 8. The highest BCUT2D eigenvalue weighted by atomic mass is 127. The molecule has 0 saturated heterocycles. The lowest BCUT2D eigenvalue weighted by molar-refractivity contribution is 0.162. The lowest BCUT2D eigenvalue weighted by atomic mass is 10.0. The van der Waals surface area contributed by atoms with E-state index in [2.05, 4.69) is 91.3 Å². The molecule has 0 atom stereocenters. The molecule has 2 aromatic heterocycles. The zero-order valence-electron chi connectivity index (χ0n) is 27.9. The highest BCUT2D eigenvalue weighted by Gasteiger charge is 2.18. The summed E-state index contributed by atoms with van der Waals surface area (Å²) in [6.07, 6.45) is 4.78. The second-order valence-corrected chi connectivity index (χ2v) is 12.3. The summed E-state index contributed by atoms with van der Waals surface area (Å²) in [5.41, 5.74) is 17.5. The first-order valence-electron chi connectivity index (χ1n) is 16.1. The first kappa shape index (κ1) is 40.3. The molecule has 6 rings (SSSR count). The predicted molar refractivity (Wildman–Crippen MR) is 209 cm³/mol. The molecule has 2 aliphatic heterocycles. The SMILES string of the molecule is CCOCC.CCOCC.Nc1cc(I)cc(Cl)n1.Nc1cc(N2CCCc3ccccc32)cc(Cl)n1.c1ccc2c(c1)CCCN2. The van der Waals surface area contributed by atoms with E-state index in [9.17, 15) is 0 Å². The van der Waals surface area contributed by atoms with Crippen molar-refractivity contribution in [3.63, 3.8) is 0 Å². The van der Waals surface area contributed by atoms with Crippen molar-refractivity contribution in [2.45, 2.75) is 53.4 Å². The predicted octanol–water partition coefficient (Wildman–Crippen LogP) is 9.45. The van der Waals surface area contributed by atoms with Gasteiger partial charge >= 0.3 is 0 Å². The van der Waals surface area contributed by atoms with Gasteiger partial charge in [0.25, 0.3) is 0 Å². The van der Waals surface area contributed by atoms with Gasteiger partial charge in [-0.2, -0.15) is 0 Å². The van der Waals surface area contributed by atoms with Gasteiger partial charge in [-0.1, -0.05) is 59.6 Å². The smallest absolute Gasteiger partial charge is 0.133 e. The fourth-order valence-electron chi connectivity index (χ4n) is 4.77. The molecular weight excluding hydrogens is 746 g/mol. The van der Waals surface area contributed by atoms with Crippen LogP contribution in [0.25, 0.3) is 0 Å². The molecule has 0 unspecified atom stereocenters. The van der Waals surface area contributed by atoms with Crippen LogP contribution < -0.4 is 21.7 Å². The van der Waals surface area contributed by atoms with Crippen molar-refractivity contribution in [3.05, 3.63) is 97.8 Å². The van der Waals surface area contributed by atoms with E-state index in [1.54, 1.807) is 12.1 Å². The molecule has 0 bridgehead atoms. The number of aryl methyl sites for hydroxylation is 2. The lowest BCUT2D eigenvalue weighted by Gasteiger charge is -2.31. The normalized spacial score (nSPS) is 12.4. The average molecular weight is 796 g/mol. The third kappa shape index (κ3) is 15.7. The monoisotopic (exact) mass is 794 g/mol. The van der Waals surface area contributed by atoms with Crippen LogP contribution in [0.4, 0.5) is 28.7 Å². The minimum absolute atomic E-state index is 0.438. The molecular formula is C36H49Cl2IN6O2. The van der Waals surface area contributed by atoms with Gasteiger partial charge < -0.3 is 31.2 Å². The summed E-state index contributed by atoms with van der Waals surface area (Å²) in [7, 11) is 0. The molecule has 4 aromatic rings. The number of nitrogens with one attached hydrogen (secondary N) is 1. The quantitative estimate of drug-likeness (QED) is 0.135. The molecule has 0 saturated carbocycles. The molecule has 0 fully saturated rings. The van der Waals surface area contributed by atoms with Gasteiger partial charge in [0.2, 0.25) is 0 Å². The van der Waals surface area contributed by atoms with Gasteiger partial charge in [-0.05, 0) is 117 Å². The number of anilines is 5. The Morgan fingerprint density at radius 2 is 1.30 bits per heavy atom. The molecule has 0 aliphatic carbocycles. The van der Waals surface area contributed by atoms with Gasteiger partial charge in [0.1, 0.15) is 21.9 Å². The first-order valence-corrected chi connectivity index (χ1v) is 17.9. The number of halogens is 3. The van der Waals surface area contributed by atoms with E-state index in [1.807, 2.05) is 39.8 Å². The topological polar surface area (TPSA) is 112 Å². The van der Waals surface area contributed by atoms with Crippen LogP contribution >= 0.6 is 45.8 Å². The number of ether oxygens (including phenoxy) is 2. The standard InChI is InChI=1S/C14H14ClN3.C9H11N.C5H4ClIN2.2C4H10O/c15-13-8-11(9-14(16)17-13)18-7-3-5-10-4-1-2-6-12(10)18;1-2-6-9-8(4-1)5-3-7-10-9;6-4-1-3(7)2-5(8)9-4;2*1-3-5-4-2/h1-2,4,6,8-9H,3,5,7H2,(H2,16,17);1-2,4,6,10H,3,5,7H2;1-2H,(H2,8,9);2*3-4H2,1-2H3. The van der Waals surface area contributed by atoms with Gasteiger partial charge in [-0.3, -0.25) is 0 Å². The van der Waals surface area contributed by atoms with Crippen LogP contribution in [0.1, 0.15) is 51.7 Å². The van der Waals surface area contributed by atoms with Crippen LogP contribution in [0.5, 0.6) is 0 Å². The van der Waals surface area contributed by atoms with E-state index in [0.29, 0.717) is 21.9 Å². The summed E-state index contributed by atoms with van der Waals surface area (Å²) in [6.45, 7) is 13.5. The number of nitrogens with two attached hydrogens (primary N) is 2. The number of nitrogens with zero attached hydrogens (tertiary/aromatic N) is 3. The highest BCUT2D eigenvalue weighted by Crippen LogP contribution is 2.34. The maximum Gasteiger partial charge on any atom is 0.133 e. The number of rotatable bonds is 5. The van der Waals surface area contributed by atoms with Crippen LogP contribution in [-0.2, 0) is 22.3 Å². The van der Waals surface area contributed by atoms with Crippen molar-refractivity contribution in [2.75, 3.05) is 61.2 Å². The lowest BCUT2D eigenvalue weighted by Crippen LogP contribution is -2.24. The Kier molecular flexibility index (Phi) is 20.2. The molecule has 2 aliphatic rings. The van der Waals surface area contributed by atoms with E-state index < -0.39 is 0 Å². The molecule has 0 radical (unpaired) electrons. The number of nitrogen functional groups attached to an aromatic ring is 2. The van der Waals surface area contributed by atoms with Crippen molar-refractivity contribution in [1.29, 1.82) is 0 Å². The summed E-state index contributed by atoms with van der Waals surface area (Å²) >= 11 is 13.7. The summed E-state index contributed by atoms with van der Waals surface area (Å²) in [4.78, 5) is 10.0. The molecule has 0 spiro atoms. The van der Waals surface area contributed by atoms with E-state index in [4.69, 9.17) is 44.1 Å². The van der Waals surface area contributed by atoms with E-state index in [0.717, 1.165) is 61.6 Å². The van der Waals surface area contributed by atoms with E-state index >= 15 is 0 Å². The summed E-state index contributed by atoms with van der Waals surface area (Å²) in [5, 5.41) is 4.24. The Bertz CT molecular complexity index is 1360. The van der Waals surface area contributed by atoms with E-state index in [1.165, 1.54) is 35.3 Å². The van der Waals surface area contributed by atoms with Crippen LogP contribution in [-0.4, -0.2) is 49.5 Å². The Labute approximate surface area is 304 Å². The molecule has 0 amide bonds. The molecule has 4 heterocycles. The number of hydrogen-bond donors (Lipinski definition) is 3. The van der Waals surface area contributed by atoms with Crippen LogP contribution in [0.3, 0.4) is 0 Å². The molecule has 5 N–H and O–H groups in total. The fourth-order valence-corrected chi connectivity index (χ4v) is 5.99. The zero-order chi connectivity index (χ0) is 34.4. The van der Waals surface area contributed by atoms with Gasteiger partial charge in [0.05, 0.1) is 0 Å².